The Labute approximate surface area is 137 Å². The van der Waals surface area contributed by atoms with E-state index in [0.717, 1.165) is 22.4 Å². The number of amides is 1. The van der Waals surface area contributed by atoms with Gasteiger partial charge in [0.05, 0.1) is 6.42 Å². The zero-order valence-electron chi connectivity index (χ0n) is 13.5. The number of benzene rings is 2. The standard InChI is InChI=1S/C20H21NO2/c1-15(2)12-19(22)13-17-8-10-18(11-9-17)21-20(23)14-16-6-4-3-5-7-16/h3-12H,13-14H2,1-2H3,(H,21,23). The Hall–Kier alpha value is -2.68. The number of ketones is 1. The van der Waals surface area contributed by atoms with Crippen molar-refractivity contribution in [1.82, 2.24) is 0 Å². The molecule has 2 rings (SSSR count). The quantitative estimate of drug-likeness (QED) is 0.821. The number of nitrogens with one attached hydrogen (secondary N) is 1. The molecular formula is C20H21NO2. The molecule has 0 saturated heterocycles. The van der Waals surface area contributed by atoms with Crippen molar-refractivity contribution in [2.24, 2.45) is 0 Å². The van der Waals surface area contributed by atoms with Crippen molar-refractivity contribution >= 4 is 17.4 Å². The molecule has 2 aromatic rings. The van der Waals surface area contributed by atoms with E-state index < -0.39 is 0 Å². The van der Waals surface area contributed by atoms with Gasteiger partial charge in [-0.15, -0.1) is 0 Å². The van der Waals surface area contributed by atoms with E-state index in [1.54, 1.807) is 6.08 Å². The zero-order valence-corrected chi connectivity index (χ0v) is 13.5. The number of hydrogen-bond acceptors (Lipinski definition) is 2. The fourth-order valence-electron chi connectivity index (χ4n) is 2.27. The van der Waals surface area contributed by atoms with Gasteiger partial charge in [-0.2, -0.15) is 0 Å². The molecule has 0 bridgehead atoms. The molecule has 3 heteroatoms. The van der Waals surface area contributed by atoms with Gasteiger partial charge < -0.3 is 5.32 Å². The number of carbonyl (C=O) groups excluding carboxylic acids is 2. The summed E-state index contributed by atoms with van der Waals surface area (Å²) in [6.07, 6.45) is 2.38. The fourth-order valence-corrected chi connectivity index (χ4v) is 2.27. The molecule has 0 atom stereocenters. The Balaban J connectivity index is 1.91. The van der Waals surface area contributed by atoms with Crippen LogP contribution in [0.1, 0.15) is 25.0 Å². The van der Waals surface area contributed by atoms with Crippen LogP contribution < -0.4 is 5.32 Å². The molecule has 0 radical (unpaired) electrons. The highest BCUT2D eigenvalue weighted by Gasteiger charge is 2.05. The van der Waals surface area contributed by atoms with E-state index in [-0.39, 0.29) is 11.7 Å². The second kappa shape index (κ2) is 8.08. The third kappa shape index (κ3) is 5.91. The number of rotatable bonds is 6. The average Bonchev–Trinajstić information content (AvgIpc) is 2.49. The lowest BCUT2D eigenvalue weighted by molar-refractivity contribution is -0.116. The normalized spacial score (nSPS) is 10.0. The van der Waals surface area contributed by atoms with Crippen LogP contribution in [-0.4, -0.2) is 11.7 Å². The van der Waals surface area contributed by atoms with E-state index in [9.17, 15) is 9.59 Å². The van der Waals surface area contributed by atoms with Crippen LogP contribution >= 0.6 is 0 Å². The molecule has 1 N–H and O–H groups in total. The van der Waals surface area contributed by atoms with E-state index in [1.165, 1.54) is 0 Å². The maximum Gasteiger partial charge on any atom is 0.228 e. The summed E-state index contributed by atoms with van der Waals surface area (Å²) in [5.74, 6) is 0.0374. The van der Waals surface area contributed by atoms with Crippen LogP contribution in [0.15, 0.2) is 66.2 Å². The second-order valence-corrected chi connectivity index (χ2v) is 5.77. The van der Waals surface area contributed by atoms with Gasteiger partial charge in [0.15, 0.2) is 5.78 Å². The maximum atomic E-state index is 12.0. The van der Waals surface area contributed by atoms with Crippen LogP contribution in [0.25, 0.3) is 0 Å². The van der Waals surface area contributed by atoms with Crippen molar-refractivity contribution in [2.75, 3.05) is 5.32 Å². The van der Waals surface area contributed by atoms with Crippen LogP contribution in [-0.2, 0) is 22.4 Å². The van der Waals surface area contributed by atoms with Gasteiger partial charge in [0.25, 0.3) is 0 Å². The molecular weight excluding hydrogens is 286 g/mol. The van der Waals surface area contributed by atoms with E-state index in [2.05, 4.69) is 5.32 Å². The van der Waals surface area contributed by atoms with Crippen molar-refractivity contribution < 1.29 is 9.59 Å². The zero-order chi connectivity index (χ0) is 16.7. The first-order valence-corrected chi connectivity index (χ1v) is 7.63. The molecule has 0 aliphatic rings. The molecule has 0 aliphatic carbocycles. The van der Waals surface area contributed by atoms with Gasteiger partial charge in [0, 0.05) is 12.1 Å². The Morgan fingerprint density at radius 2 is 1.48 bits per heavy atom. The molecule has 0 aliphatic heterocycles. The van der Waals surface area contributed by atoms with Crippen LogP contribution in [0.5, 0.6) is 0 Å². The summed E-state index contributed by atoms with van der Waals surface area (Å²) in [7, 11) is 0. The Morgan fingerprint density at radius 3 is 2.09 bits per heavy atom. The summed E-state index contributed by atoms with van der Waals surface area (Å²) < 4.78 is 0. The SMILES string of the molecule is CC(C)=CC(=O)Cc1ccc(NC(=O)Cc2ccccc2)cc1. The lowest BCUT2D eigenvalue weighted by Crippen LogP contribution is -2.14. The van der Waals surface area contributed by atoms with Crippen molar-refractivity contribution in [3.8, 4) is 0 Å². The number of anilines is 1. The van der Waals surface area contributed by atoms with Crippen LogP contribution in [0.3, 0.4) is 0 Å². The largest absolute Gasteiger partial charge is 0.326 e. The molecule has 0 fully saturated rings. The van der Waals surface area contributed by atoms with Gasteiger partial charge in [-0.25, -0.2) is 0 Å². The van der Waals surface area contributed by atoms with Crippen LogP contribution in [0, 0.1) is 0 Å². The monoisotopic (exact) mass is 307 g/mol. The summed E-state index contributed by atoms with van der Waals surface area (Å²) in [5, 5.41) is 2.87. The fraction of sp³-hybridized carbons (Fsp3) is 0.200. The summed E-state index contributed by atoms with van der Waals surface area (Å²) in [6, 6.07) is 17.0. The summed E-state index contributed by atoms with van der Waals surface area (Å²) in [4.78, 5) is 23.7. The molecule has 23 heavy (non-hydrogen) atoms. The van der Waals surface area contributed by atoms with Gasteiger partial charge >= 0.3 is 0 Å². The van der Waals surface area contributed by atoms with E-state index in [4.69, 9.17) is 0 Å². The maximum absolute atomic E-state index is 12.0. The number of allylic oxidation sites excluding steroid dienone is 2. The summed E-state index contributed by atoms with van der Waals surface area (Å²) in [6.45, 7) is 3.81. The molecule has 1 amide bonds. The first kappa shape index (κ1) is 16.7. The lowest BCUT2D eigenvalue weighted by Gasteiger charge is -2.06. The predicted octanol–water partition coefficient (Wildman–Crippen LogP) is 3.95. The lowest BCUT2D eigenvalue weighted by atomic mass is 10.1. The van der Waals surface area contributed by atoms with Crippen molar-refractivity contribution in [3.05, 3.63) is 77.4 Å². The molecule has 0 aromatic heterocycles. The van der Waals surface area contributed by atoms with Crippen molar-refractivity contribution in [3.63, 3.8) is 0 Å². The van der Waals surface area contributed by atoms with Gasteiger partial charge in [-0.1, -0.05) is 48.0 Å². The third-order valence-corrected chi connectivity index (χ3v) is 3.27. The molecule has 0 heterocycles. The highest BCUT2D eigenvalue weighted by molar-refractivity contribution is 5.93. The number of hydrogen-bond donors (Lipinski definition) is 1. The molecule has 0 spiro atoms. The van der Waals surface area contributed by atoms with Gasteiger partial charge in [0.1, 0.15) is 0 Å². The van der Waals surface area contributed by atoms with E-state index in [0.29, 0.717) is 12.8 Å². The average molecular weight is 307 g/mol. The van der Waals surface area contributed by atoms with Crippen molar-refractivity contribution in [1.29, 1.82) is 0 Å². The Kier molecular flexibility index (Phi) is 5.87. The van der Waals surface area contributed by atoms with Crippen LogP contribution in [0.2, 0.25) is 0 Å². The first-order valence-electron chi connectivity index (χ1n) is 7.63. The van der Waals surface area contributed by atoms with Gasteiger partial charge in [0.2, 0.25) is 5.91 Å². The topological polar surface area (TPSA) is 46.2 Å². The summed E-state index contributed by atoms with van der Waals surface area (Å²) in [5.41, 5.74) is 3.66. The molecule has 3 nitrogen and oxygen atoms in total. The van der Waals surface area contributed by atoms with Gasteiger partial charge in [-0.05, 0) is 43.2 Å². The van der Waals surface area contributed by atoms with Gasteiger partial charge in [-0.3, -0.25) is 9.59 Å². The highest BCUT2D eigenvalue weighted by Crippen LogP contribution is 2.12. The third-order valence-electron chi connectivity index (χ3n) is 3.27. The first-order chi connectivity index (χ1) is 11.0. The molecule has 0 unspecified atom stereocenters. The number of carbonyl (C=O) groups is 2. The molecule has 2 aromatic carbocycles. The summed E-state index contributed by atoms with van der Waals surface area (Å²) >= 11 is 0. The van der Waals surface area contributed by atoms with Crippen molar-refractivity contribution in [2.45, 2.75) is 26.7 Å². The minimum atomic E-state index is -0.0513. The van der Waals surface area contributed by atoms with E-state index >= 15 is 0 Å². The van der Waals surface area contributed by atoms with E-state index in [1.807, 2.05) is 68.4 Å². The smallest absolute Gasteiger partial charge is 0.228 e. The predicted molar refractivity (Wildman–Crippen MR) is 93.4 cm³/mol. The molecule has 118 valence electrons. The second-order valence-electron chi connectivity index (χ2n) is 5.77. The molecule has 0 saturated carbocycles. The Bertz CT molecular complexity index is 696. The minimum absolute atomic E-state index is 0.0513. The minimum Gasteiger partial charge on any atom is -0.326 e. The van der Waals surface area contributed by atoms with Crippen LogP contribution in [0.4, 0.5) is 5.69 Å². The highest BCUT2D eigenvalue weighted by atomic mass is 16.1. The Morgan fingerprint density at radius 1 is 0.870 bits per heavy atom.